The van der Waals surface area contributed by atoms with Gasteiger partial charge in [-0.05, 0) is 24.6 Å². The van der Waals surface area contributed by atoms with Crippen LogP contribution in [-0.2, 0) is 20.0 Å². The molecular formula is C19H16ClN7OS. The molecule has 0 radical (unpaired) electrons. The minimum atomic E-state index is -0.178. The van der Waals surface area contributed by atoms with E-state index >= 15 is 0 Å². The highest BCUT2D eigenvalue weighted by Gasteiger charge is 2.19. The maximum atomic E-state index is 13.1. The number of halogens is 1. The molecule has 5 heterocycles. The van der Waals surface area contributed by atoms with Gasteiger partial charge in [0.1, 0.15) is 15.7 Å². The zero-order chi connectivity index (χ0) is 20.1. The average molecular weight is 426 g/mol. The molecule has 1 N–H and O–H groups in total. The zero-order valence-corrected chi connectivity index (χ0v) is 17.3. The molecule has 0 atom stereocenters. The molecule has 0 aliphatic heterocycles. The molecule has 8 nitrogen and oxygen atoms in total. The van der Waals surface area contributed by atoms with Gasteiger partial charge in [-0.15, -0.1) is 11.3 Å². The van der Waals surface area contributed by atoms with E-state index in [1.807, 2.05) is 36.7 Å². The lowest BCUT2D eigenvalue weighted by atomic mass is 10.3. The summed E-state index contributed by atoms with van der Waals surface area (Å²) in [6.07, 6.45) is 4.17. The quantitative estimate of drug-likeness (QED) is 0.446. The Morgan fingerprint density at radius 1 is 1.21 bits per heavy atom. The molecule has 146 valence electrons. The van der Waals surface area contributed by atoms with Crippen molar-refractivity contribution in [2.75, 3.05) is 0 Å². The summed E-state index contributed by atoms with van der Waals surface area (Å²) in [5.74, 6) is 0. The van der Waals surface area contributed by atoms with Crippen molar-refractivity contribution in [1.29, 1.82) is 0 Å². The van der Waals surface area contributed by atoms with Gasteiger partial charge in [0, 0.05) is 25.1 Å². The first-order valence-corrected chi connectivity index (χ1v) is 10.2. The summed E-state index contributed by atoms with van der Waals surface area (Å²) >= 11 is 7.67. The average Bonchev–Trinajstić information content (AvgIpc) is 3.40. The van der Waals surface area contributed by atoms with Gasteiger partial charge >= 0.3 is 0 Å². The van der Waals surface area contributed by atoms with E-state index in [0.29, 0.717) is 22.8 Å². The molecule has 0 aliphatic rings. The van der Waals surface area contributed by atoms with Crippen molar-refractivity contribution in [3.8, 4) is 0 Å². The van der Waals surface area contributed by atoms with Crippen LogP contribution < -0.4 is 5.56 Å². The Morgan fingerprint density at radius 3 is 2.83 bits per heavy atom. The molecule has 5 aromatic rings. The lowest BCUT2D eigenvalue weighted by Crippen LogP contribution is -2.25. The van der Waals surface area contributed by atoms with Gasteiger partial charge < -0.3 is 4.57 Å². The number of H-pyrrole nitrogens is 1. The molecule has 5 rings (SSSR count). The second kappa shape index (κ2) is 6.78. The first-order valence-electron chi connectivity index (χ1n) is 8.96. The number of thiazole rings is 1. The Morgan fingerprint density at radius 2 is 2.07 bits per heavy atom. The highest BCUT2D eigenvalue weighted by molar-refractivity contribution is 7.19. The summed E-state index contributed by atoms with van der Waals surface area (Å²) in [6.45, 7) is 2.14. The molecule has 5 aromatic heterocycles. The Labute approximate surface area is 173 Å². The summed E-state index contributed by atoms with van der Waals surface area (Å²) in [5.41, 5.74) is 3.69. The van der Waals surface area contributed by atoms with E-state index < -0.39 is 0 Å². The van der Waals surface area contributed by atoms with Gasteiger partial charge in [-0.25, -0.2) is 14.6 Å². The van der Waals surface area contributed by atoms with Crippen molar-refractivity contribution < 1.29 is 0 Å². The van der Waals surface area contributed by atoms with Crippen molar-refractivity contribution in [3.05, 3.63) is 68.1 Å². The van der Waals surface area contributed by atoms with E-state index in [0.717, 1.165) is 32.0 Å². The summed E-state index contributed by atoms with van der Waals surface area (Å²) in [4.78, 5) is 22.1. The Kier molecular flexibility index (Phi) is 4.21. The standard InChI is InChI=1S/C19H16ClN7OS/c1-10-3-4-12(23-17(10)20)9-27-19(28)15-13(8-22-27)16-18(26(15)2)24-14(29-16)7-11-5-6-21-25-11/h3-6,8H,7,9H2,1-2H3,(H,21,25). The van der Waals surface area contributed by atoms with E-state index in [1.54, 1.807) is 23.7 Å². The molecule has 0 spiro atoms. The third-order valence-corrected chi connectivity index (χ3v) is 6.33. The third kappa shape index (κ3) is 3.02. The molecule has 0 aromatic carbocycles. The summed E-state index contributed by atoms with van der Waals surface area (Å²) in [6, 6.07) is 5.67. The van der Waals surface area contributed by atoms with Gasteiger partial charge in [-0.2, -0.15) is 10.2 Å². The molecule has 0 saturated carbocycles. The lowest BCUT2D eigenvalue weighted by Gasteiger charge is -2.06. The van der Waals surface area contributed by atoms with Crippen molar-refractivity contribution in [1.82, 2.24) is 34.5 Å². The second-order valence-electron chi connectivity index (χ2n) is 6.84. The van der Waals surface area contributed by atoms with Gasteiger partial charge in [0.2, 0.25) is 0 Å². The number of pyridine rings is 1. The maximum Gasteiger partial charge on any atom is 0.291 e. The first-order chi connectivity index (χ1) is 14.0. The van der Waals surface area contributed by atoms with Crippen LogP contribution in [0.5, 0.6) is 0 Å². The third-order valence-electron chi connectivity index (χ3n) is 4.87. The maximum absolute atomic E-state index is 13.1. The van der Waals surface area contributed by atoms with Crippen molar-refractivity contribution >= 4 is 44.2 Å². The van der Waals surface area contributed by atoms with Crippen LogP contribution in [0.3, 0.4) is 0 Å². The molecule has 0 bridgehead atoms. The van der Waals surface area contributed by atoms with Crippen LogP contribution in [0, 0.1) is 6.92 Å². The minimum Gasteiger partial charge on any atom is -0.323 e. The Hall–Kier alpha value is -3.04. The second-order valence-corrected chi connectivity index (χ2v) is 8.28. The van der Waals surface area contributed by atoms with Gasteiger partial charge in [0.25, 0.3) is 5.56 Å². The van der Waals surface area contributed by atoms with E-state index in [9.17, 15) is 4.79 Å². The van der Waals surface area contributed by atoms with Crippen molar-refractivity contribution in [2.45, 2.75) is 19.9 Å². The van der Waals surface area contributed by atoms with Gasteiger partial charge in [0.05, 0.1) is 28.8 Å². The number of hydrogen-bond donors (Lipinski definition) is 1. The zero-order valence-electron chi connectivity index (χ0n) is 15.7. The van der Waals surface area contributed by atoms with Crippen LogP contribution in [0.1, 0.15) is 22.0 Å². The first kappa shape index (κ1) is 18.0. The molecule has 0 fully saturated rings. The fourth-order valence-electron chi connectivity index (χ4n) is 3.35. The van der Waals surface area contributed by atoms with Crippen LogP contribution in [0.2, 0.25) is 5.15 Å². The Balaban J connectivity index is 1.57. The van der Waals surface area contributed by atoms with Gasteiger partial charge in [-0.3, -0.25) is 9.89 Å². The summed E-state index contributed by atoms with van der Waals surface area (Å²) in [5, 5.41) is 13.6. The summed E-state index contributed by atoms with van der Waals surface area (Å²) < 4.78 is 4.21. The highest BCUT2D eigenvalue weighted by Crippen LogP contribution is 2.31. The van der Waals surface area contributed by atoms with Crippen LogP contribution >= 0.6 is 22.9 Å². The molecule has 0 amide bonds. The van der Waals surface area contributed by atoms with E-state index in [-0.39, 0.29) is 12.1 Å². The number of fused-ring (bicyclic) bond motifs is 3. The number of rotatable bonds is 4. The number of hydrogen-bond acceptors (Lipinski definition) is 6. The largest absolute Gasteiger partial charge is 0.323 e. The fraction of sp³-hybridized carbons (Fsp3) is 0.211. The number of aromatic amines is 1. The predicted octanol–water partition coefficient (Wildman–Crippen LogP) is 3.06. The van der Waals surface area contributed by atoms with Crippen LogP contribution in [-0.4, -0.2) is 34.5 Å². The topological polar surface area (TPSA) is 94.3 Å². The van der Waals surface area contributed by atoms with Crippen LogP contribution in [0.15, 0.2) is 35.4 Å². The molecular weight excluding hydrogens is 410 g/mol. The van der Waals surface area contributed by atoms with Crippen molar-refractivity contribution in [2.24, 2.45) is 7.05 Å². The molecule has 0 saturated heterocycles. The minimum absolute atomic E-state index is 0.178. The van der Waals surface area contributed by atoms with Crippen LogP contribution in [0.4, 0.5) is 0 Å². The van der Waals surface area contributed by atoms with Gasteiger partial charge in [0.15, 0.2) is 5.65 Å². The van der Waals surface area contributed by atoms with Crippen LogP contribution in [0.25, 0.3) is 21.3 Å². The highest BCUT2D eigenvalue weighted by atomic mass is 35.5. The van der Waals surface area contributed by atoms with Gasteiger partial charge in [-0.1, -0.05) is 17.7 Å². The SMILES string of the molecule is Cc1ccc(Cn2ncc3c4sc(Cc5cc[nH]n5)nc4n(C)c3c2=O)nc1Cl. The number of nitrogens with zero attached hydrogens (tertiary/aromatic N) is 6. The number of aromatic nitrogens is 7. The molecule has 29 heavy (non-hydrogen) atoms. The molecule has 10 heteroatoms. The Bertz CT molecular complexity index is 1410. The van der Waals surface area contributed by atoms with E-state index in [1.165, 1.54) is 4.68 Å². The van der Waals surface area contributed by atoms with Crippen molar-refractivity contribution in [3.63, 3.8) is 0 Å². The lowest BCUT2D eigenvalue weighted by molar-refractivity contribution is 0.632. The summed E-state index contributed by atoms with van der Waals surface area (Å²) in [7, 11) is 1.86. The number of aryl methyl sites for hydroxylation is 2. The van der Waals surface area contributed by atoms with E-state index in [4.69, 9.17) is 16.6 Å². The monoisotopic (exact) mass is 425 g/mol. The predicted molar refractivity (Wildman–Crippen MR) is 113 cm³/mol. The molecule has 0 aliphatic carbocycles. The molecule has 0 unspecified atom stereocenters. The normalized spacial score (nSPS) is 11.7. The van der Waals surface area contributed by atoms with E-state index in [2.05, 4.69) is 20.3 Å². The number of nitrogens with one attached hydrogen (secondary N) is 1. The fourth-order valence-corrected chi connectivity index (χ4v) is 4.64. The smallest absolute Gasteiger partial charge is 0.291 e.